The van der Waals surface area contributed by atoms with Crippen LogP contribution in [0.5, 0.6) is 0 Å². The molecule has 0 bridgehead atoms. The van der Waals surface area contributed by atoms with Crippen molar-refractivity contribution in [2.24, 2.45) is 5.92 Å². The molecular formula is C10H18N2. The molecule has 0 atom stereocenters. The number of hydrogen-bond acceptors (Lipinski definition) is 1. The summed E-state index contributed by atoms with van der Waals surface area (Å²) in [5, 5.41) is 7.81. The largest absolute Gasteiger partial charge is 0.357 e. The number of nitrogens with zero attached hydrogens (tertiary/aromatic N) is 1. The molecule has 0 unspecified atom stereocenters. The fraction of sp³-hybridized carbons (Fsp3) is 0.900. The molecule has 68 valence electrons. The van der Waals surface area contributed by atoms with Crippen LogP contribution in [0.3, 0.4) is 0 Å². The Morgan fingerprint density at radius 3 is 2.42 bits per heavy atom. The van der Waals surface area contributed by atoms with E-state index in [-0.39, 0.29) is 0 Å². The van der Waals surface area contributed by atoms with Crippen LogP contribution in [-0.2, 0) is 0 Å². The van der Waals surface area contributed by atoms with Gasteiger partial charge in [-0.1, -0.05) is 6.92 Å². The van der Waals surface area contributed by atoms with E-state index in [1.807, 2.05) is 0 Å². The van der Waals surface area contributed by atoms with Crippen molar-refractivity contribution in [3.05, 3.63) is 0 Å². The van der Waals surface area contributed by atoms with Crippen molar-refractivity contribution in [3.63, 3.8) is 0 Å². The lowest BCUT2D eigenvalue weighted by Crippen LogP contribution is -2.33. The molecule has 1 N–H and O–H groups in total. The monoisotopic (exact) mass is 166 g/mol. The Labute approximate surface area is 74.5 Å². The molecule has 2 nitrogen and oxygen atoms in total. The van der Waals surface area contributed by atoms with Crippen LogP contribution in [0.2, 0.25) is 0 Å². The first-order valence-electron chi connectivity index (χ1n) is 5.15. The average Bonchev–Trinajstić information content (AvgIpc) is 2.88. The summed E-state index contributed by atoms with van der Waals surface area (Å²) in [5.74, 6) is 1.79. The van der Waals surface area contributed by atoms with Gasteiger partial charge < -0.3 is 4.90 Å². The minimum absolute atomic E-state index is 0.748. The van der Waals surface area contributed by atoms with Crippen LogP contribution in [0.1, 0.15) is 39.0 Å². The predicted molar refractivity (Wildman–Crippen MR) is 50.5 cm³/mol. The molecule has 0 aliphatic heterocycles. The second-order valence-electron chi connectivity index (χ2n) is 4.13. The number of hydrogen-bond donors (Lipinski definition) is 1. The molecule has 12 heavy (non-hydrogen) atoms. The zero-order chi connectivity index (χ0) is 8.55. The number of rotatable bonds is 4. The molecule has 0 amide bonds. The molecule has 2 fully saturated rings. The Balaban J connectivity index is 1.86. The van der Waals surface area contributed by atoms with Gasteiger partial charge in [0.1, 0.15) is 0 Å². The average molecular weight is 166 g/mol. The lowest BCUT2D eigenvalue weighted by Gasteiger charge is -2.24. The summed E-state index contributed by atoms with van der Waals surface area (Å²) in [6.07, 6.45) is 6.37. The van der Waals surface area contributed by atoms with E-state index in [9.17, 15) is 0 Å². The van der Waals surface area contributed by atoms with Gasteiger partial charge >= 0.3 is 0 Å². The van der Waals surface area contributed by atoms with Crippen LogP contribution in [-0.4, -0.2) is 23.3 Å². The normalized spacial score (nSPS) is 22.4. The molecule has 2 rings (SSSR count). The summed E-state index contributed by atoms with van der Waals surface area (Å²) in [5.41, 5.74) is 0. The van der Waals surface area contributed by atoms with Crippen molar-refractivity contribution in [2.45, 2.75) is 45.1 Å². The van der Waals surface area contributed by atoms with Crippen LogP contribution in [0.25, 0.3) is 0 Å². The van der Waals surface area contributed by atoms with Gasteiger partial charge in [0.2, 0.25) is 0 Å². The Bertz CT molecular complexity index is 180. The van der Waals surface area contributed by atoms with Crippen molar-refractivity contribution in [2.75, 3.05) is 6.54 Å². The van der Waals surface area contributed by atoms with Gasteiger partial charge in [-0.05, 0) is 31.6 Å². The highest BCUT2D eigenvalue weighted by Gasteiger charge is 2.34. The Morgan fingerprint density at radius 2 is 2.00 bits per heavy atom. The summed E-state index contributed by atoms with van der Waals surface area (Å²) >= 11 is 0. The summed E-state index contributed by atoms with van der Waals surface area (Å²) in [6, 6.07) is 0.748. The highest BCUT2D eigenvalue weighted by molar-refractivity contribution is 5.79. The lowest BCUT2D eigenvalue weighted by molar-refractivity contribution is 0.381. The van der Waals surface area contributed by atoms with E-state index < -0.39 is 0 Å². The second-order valence-corrected chi connectivity index (χ2v) is 4.13. The van der Waals surface area contributed by atoms with E-state index in [2.05, 4.69) is 11.8 Å². The minimum Gasteiger partial charge on any atom is -0.357 e. The Morgan fingerprint density at radius 1 is 1.33 bits per heavy atom. The zero-order valence-electron chi connectivity index (χ0n) is 7.84. The first-order chi connectivity index (χ1) is 5.81. The standard InChI is InChI=1S/C10H18N2/c1-2-10(11)12(9-5-6-9)7-8-3-4-8/h8-9,11H,2-7H2,1H3. The number of amidine groups is 1. The van der Waals surface area contributed by atoms with E-state index in [0.29, 0.717) is 0 Å². The van der Waals surface area contributed by atoms with Gasteiger partial charge in [0, 0.05) is 19.0 Å². The molecule has 0 aromatic heterocycles. The number of nitrogens with one attached hydrogen (secondary N) is 1. The molecule has 0 spiro atoms. The van der Waals surface area contributed by atoms with Crippen molar-refractivity contribution in [3.8, 4) is 0 Å². The van der Waals surface area contributed by atoms with Gasteiger partial charge in [-0.25, -0.2) is 0 Å². The zero-order valence-corrected chi connectivity index (χ0v) is 7.84. The SMILES string of the molecule is CCC(=N)N(CC1CC1)C1CC1. The van der Waals surface area contributed by atoms with Gasteiger partial charge in [0.05, 0.1) is 5.84 Å². The van der Waals surface area contributed by atoms with E-state index in [0.717, 1.165) is 24.2 Å². The highest BCUT2D eigenvalue weighted by atomic mass is 15.2. The van der Waals surface area contributed by atoms with Crippen LogP contribution >= 0.6 is 0 Å². The fourth-order valence-corrected chi connectivity index (χ4v) is 1.65. The molecule has 0 aromatic rings. The molecule has 2 heteroatoms. The van der Waals surface area contributed by atoms with Crippen LogP contribution in [0.4, 0.5) is 0 Å². The molecule has 0 saturated heterocycles. The molecule has 0 aromatic carbocycles. The molecule has 2 aliphatic carbocycles. The molecule has 2 aliphatic rings. The maximum Gasteiger partial charge on any atom is 0.0957 e. The lowest BCUT2D eigenvalue weighted by atomic mass is 10.3. The molecule has 0 radical (unpaired) electrons. The molecule has 0 heterocycles. The van der Waals surface area contributed by atoms with Crippen LogP contribution in [0, 0.1) is 11.3 Å². The van der Waals surface area contributed by atoms with Crippen LogP contribution in [0.15, 0.2) is 0 Å². The van der Waals surface area contributed by atoms with E-state index in [4.69, 9.17) is 5.41 Å². The first kappa shape index (κ1) is 8.09. The van der Waals surface area contributed by atoms with Gasteiger partial charge in [-0.2, -0.15) is 0 Å². The quantitative estimate of drug-likeness (QED) is 0.503. The van der Waals surface area contributed by atoms with E-state index in [1.54, 1.807) is 0 Å². The minimum atomic E-state index is 0.748. The Hall–Kier alpha value is -0.530. The smallest absolute Gasteiger partial charge is 0.0957 e. The van der Waals surface area contributed by atoms with Gasteiger partial charge in [0.15, 0.2) is 0 Å². The third-order valence-corrected chi connectivity index (χ3v) is 2.82. The third kappa shape index (κ3) is 1.79. The fourth-order valence-electron chi connectivity index (χ4n) is 1.65. The highest BCUT2D eigenvalue weighted by Crippen LogP contribution is 2.35. The summed E-state index contributed by atoms with van der Waals surface area (Å²) < 4.78 is 0. The predicted octanol–water partition coefficient (Wildman–Crippen LogP) is 2.25. The molecule has 2 saturated carbocycles. The van der Waals surface area contributed by atoms with Crippen molar-refractivity contribution >= 4 is 5.84 Å². The van der Waals surface area contributed by atoms with Crippen LogP contribution < -0.4 is 0 Å². The first-order valence-corrected chi connectivity index (χ1v) is 5.15. The van der Waals surface area contributed by atoms with E-state index >= 15 is 0 Å². The van der Waals surface area contributed by atoms with Crippen molar-refractivity contribution < 1.29 is 0 Å². The maximum atomic E-state index is 7.81. The van der Waals surface area contributed by atoms with Crippen molar-refractivity contribution in [1.29, 1.82) is 5.41 Å². The Kier molecular flexibility index (Phi) is 2.07. The molecular weight excluding hydrogens is 148 g/mol. The summed E-state index contributed by atoms with van der Waals surface area (Å²) in [7, 11) is 0. The third-order valence-electron chi connectivity index (χ3n) is 2.82. The van der Waals surface area contributed by atoms with Gasteiger partial charge in [0.25, 0.3) is 0 Å². The summed E-state index contributed by atoms with van der Waals surface area (Å²) in [6.45, 7) is 3.27. The topological polar surface area (TPSA) is 27.1 Å². The van der Waals surface area contributed by atoms with Gasteiger partial charge in [-0.3, -0.25) is 5.41 Å². The van der Waals surface area contributed by atoms with Crippen molar-refractivity contribution in [1.82, 2.24) is 4.90 Å². The van der Waals surface area contributed by atoms with Gasteiger partial charge in [-0.15, -0.1) is 0 Å². The maximum absolute atomic E-state index is 7.81. The second kappa shape index (κ2) is 3.08. The summed E-state index contributed by atoms with van der Waals surface area (Å²) in [4.78, 5) is 2.34. The van der Waals surface area contributed by atoms with E-state index in [1.165, 1.54) is 32.2 Å².